The maximum Gasteiger partial charge on any atom is 0.343 e. The number of benzene rings is 1. The second-order valence-electron chi connectivity index (χ2n) is 3.45. The summed E-state index contributed by atoms with van der Waals surface area (Å²) in [6.45, 7) is 0. The minimum atomic E-state index is -0.293. The molecule has 0 spiro atoms. The van der Waals surface area contributed by atoms with Crippen LogP contribution in [0.15, 0.2) is 44.3 Å². The van der Waals surface area contributed by atoms with Gasteiger partial charge in [0.25, 0.3) is 0 Å². The van der Waals surface area contributed by atoms with Gasteiger partial charge in [0, 0.05) is 17.5 Å². The molecule has 1 aromatic heterocycles. The summed E-state index contributed by atoms with van der Waals surface area (Å²) in [7, 11) is 1.61. The number of amidine groups is 1. The van der Waals surface area contributed by atoms with Crippen molar-refractivity contribution in [2.24, 2.45) is 17.9 Å². The molecular weight excluding hydrogens is 254 g/mol. The number of rotatable bonds is 3. The molecule has 1 heterocycles. The first kappa shape index (κ1) is 12.2. The van der Waals surface area contributed by atoms with Crippen molar-refractivity contribution in [2.75, 3.05) is 0 Å². The predicted octanol–water partition coefficient (Wildman–Crippen LogP) is 0.354. The first-order chi connectivity index (χ1) is 8.63. The molecule has 2 rings (SSSR count). The quantitative estimate of drug-likeness (QED) is 0.321. The second-order valence-corrected chi connectivity index (χ2v) is 4.46. The Hall–Kier alpha value is -2.22. The summed E-state index contributed by atoms with van der Waals surface area (Å²) in [6, 6.07) is 7.13. The average Bonchev–Trinajstić information content (AvgIpc) is 2.70. The highest BCUT2D eigenvalue weighted by molar-refractivity contribution is 7.99. The van der Waals surface area contributed by atoms with Crippen molar-refractivity contribution < 1.29 is 5.21 Å². The molecule has 8 heteroatoms. The standard InChI is InChI=1S/C10H11N5O2S/c1-15-9(16)12-13-10(15)18-7-5-3-2-4-6(7)8(11)14-17/h2-5,17H,1H3,(H2,11,14)(H,12,16). The molecule has 0 amide bonds. The summed E-state index contributed by atoms with van der Waals surface area (Å²) in [4.78, 5) is 12.0. The van der Waals surface area contributed by atoms with E-state index in [-0.39, 0.29) is 11.5 Å². The van der Waals surface area contributed by atoms with Crippen molar-refractivity contribution in [2.45, 2.75) is 10.1 Å². The fourth-order valence-electron chi connectivity index (χ4n) is 1.34. The van der Waals surface area contributed by atoms with Gasteiger partial charge in [-0.3, -0.25) is 4.57 Å². The predicted molar refractivity (Wildman–Crippen MR) is 66.9 cm³/mol. The van der Waals surface area contributed by atoms with E-state index >= 15 is 0 Å². The Kier molecular flexibility index (Phi) is 3.38. The lowest BCUT2D eigenvalue weighted by Gasteiger charge is -2.06. The summed E-state index contributed by atoms with van der Waals surface area (Å²) in [5.74, 6) is 0.0126. The molecule has 0 atom stereocenters. The summed E-state index contributed by atoms with van der Waals surface area (Å²) < 4.78 is 1.38. The largest absolute Gasteiger partial charge is 0.409 e. The minimum Gasteiger partial charge on any atom is -0.409 e. The van der Waals surface area contributed by atoms with E-state index in [1.807, 2.05) is 6.07 Å². The van der Waals surface area contributed by atoms with Crippen molar-refractivity contribution in [1.29, 1.82) is 0 Å². The van der Waals surface area contributed by atoms with Crippen LogP contribution in [0.4, 0.5) is 0 Å². The summed E-state index contributed by atoms with van der Waals surface area (Å²) in [5, 5.41) is 18.4. The first-order valence-electron chi connectivity index (χ1n) is 4.99. The van der Waals surface area contributed by atoms with Crippen molar-refractivity contribution in [3.8, 4) is 0 Å². The van der Waals surface area contributed by atoms with Gasteiger partial charge in [-0.15, -0.1) is 5.10 Å². The highest BCUT2D eigenvalue weighted by Crippen LogP contribution is 2.27. The van der Waals surface area contributed by atoms with Gasteiger partial charge in [-0.2, -0.15) is 0 Å². The van der Waals surface area contributed by atoms with Crippen molar-refractivity contribution in [3.63, 3.8) is 0 Å². The van der Waals surface area contributed by atoms with Gasteiger partial charge in [0.2, 0.25) is 0 Å². The van der Waals surface area contributed by atoms with E-state index in [1.54, 1.807) is 25.2 Å². The number of nitrogens with zero attached hydrogens (tertiary/aromatic N) is 3. The van der Waals surface area contributed by atoms with Gasteiger partial charge in [0.15, 0.2) is 11.0 Å². The topological polar surface area (TPSA) is 109 Å². The Morgan fingerprint density at radius 3 is 2.89 bits per heavy atom. The summed E-state index contributed by atoms with van der Waals surface area (Å²) >= 11 is 1.25. The average molecular weight is 265 g/mol. The maximum absolute atomic E-state index is 11.2. The third-order valence-electron chi connectivity index (χ3n) is 2.31. The van der Waals surface area contributed by atoms with Gasteiger partial charge in [-0.1, -0.05) is 23.4 Å². The Labute approximate surface area is 106 Å². The number of hydrogen-bond donors (Lipinski definition) is 3. The molecule has 4 N–H and O–H groups in total. The van der Waals surface area contributed by atoms with Crippen LogP contribution in [0.2, 0.25) is 0 Å². The normalized spacial score (nSPS) is 11.7. The molecule has 0 radical (unpaired) electrons. The van der Waals surface area contributed by atoms with E-state index in [2.05, 4.69) is 15.4 Å². The van der Waals surface area contributed by atoms with Crippen LogP contribution in [-0.4, -0.2) is 25.8 Å². The van der Waals surface area contributed by atoms with Gasteiger partial charge in [0.05, 0.1) is 0 Å². The van der Waals surface area contributed by atoms with Crippen molar-refractivity contribution in [1.82, 2.24) is 14.8 Å². The SMILES string of the molecule is Cn1c(Sc2ccccc2C(N)=NO)n[nH]c1=O. The molecule has 94 valence electrons. The molecule has 0 bridgehead atoms. The Morgan fingerprint density at radius 1 is 1.56 bits per heavy atom. The second kappa shape index (κ2) is 4.96. The van der Waals surface area contributed by atoms with Crippen molar-refractivity contribution >= 4 is 17.6 Å². The number of aromatic amines is 1. The van der Waals surface area contributed by atoms with Crippen LogP contribution in [-0.2, 0) is 7.05 Å². The van der Waals surface area contributed by atoms with Crippen LogP contribution in [0, 0.1) is 0 Å². The fraction of sp³-hybridized carbons (Fsp3) is 0.100. The smallest absolute Gasteiger partial charge is 0.343 e. The summed E-state index contributed by atoms with van der Waals surface area (Å²) in [5.41, 5.74) is 5.87. The number of nitrogens with one attached hydrogen (secondary N) is 1. The van der Waals surface area contributed by atoms with Crippen LogP contribution in [0.1, 0.15) is 5.56 Å². The monoisotopic (exact) mass is 265 g/mol. The number of oxime groups is 1. The molecular formula is C10H11N5O2S. The van der Waals surface area contributed by atoms with Gasteiger partial charge in [-0.05, 0) is 17.8 Å². The molecule has 0 aliphatic rings. The van der Waals surface area contributed by atoms with Gasteiger partial charge in [-0.25, -0.2) is 9.89 Å². The third kappa shape index (κ3) is 2.23. The number of H-pyrrole nitrogens is 1. The zero-order valence-electron chi connectivity index (χ0n) is 9.49. The molecule has 18 heavy (non-hydrogen) atoms. The number of aromatic nitrogens is 3. The lowest BCUT2D eigenvalue weighted by atomic mass is 10.2. The maximum atomic E-state index is 11.2. The van der Waals surface area contributed by atoms with E-state index in [9.17, 15) is 4.79 Å². The van der Waals surface area contributed by atoms with Crippen LogP contribution in [0.25, 0.3) is 0 Å². The Bertz CT molecular complexity index is 646. The molecule has 1 aromatic carbocycles. The van der Waals surface area contributed by atoms with Gasteiger partial charge >= 0.3 is 5.69 Å². The van der Waals surface area contributed by atoms with E-state index in [0.29, 0.717) is 10.7 Å². The highest BCUT2D eigenvalue weighted by Gasteiger charge is 2.11. The van der Waals surface area contributed by atoms with Gasteiger partial charge < -0.3 is 10.9 Å². The molecule has 0 saturated heterocycles. The van der Waals surface area contributed by atoms with Crippen molar-refractivity contribution in [3.05, 3.63) is 40.3 Å². The molecule has 0 unspecified atom stereocenters. The third-order valence-corrected chi connectivity index (χ3v) is 3.43. The lowest BCUT2D eigenvalue weighted by molar-refractivity contribution is 0.318. The number of hydrogen-bond acceptors (Lipinski definition) is 5. The summed E-state index contributed by atoms with van der Waals surface area (Å²) in [6.07, 6.45) is 0. The molecule has 2 aromatic rings. The lowest BCUT2D eigenvalue weighted by Crippen LogP contribution is -2.15. The van der Waals surface area contributed by atoms with E-state index in [1.165, 1.54) is 16.3 Å². The minimum absolute atomic E-state index is 0.0126. The Morgan fingerprint density at radius 2 is 2.28 bits per heavy atom. The van der Waals surface area contributed by atoms with E-state index < -0.39 is 0 Å². The van der Waals surface area contributed by atoms with E-state index in [4.69, 9.17) is 10.9 Å². The zero-order chi connectivity index (χ0) is 13.1. The zero-order valence-corrected chi connectivity index (χ0v) is 10.3. The number of nitrogens with two attached hydrogens (primary N) is 1. The van der Waals surface area contributed by atoms with Gasteiger partial charge in [0.1, 0.15) is 0 Å². The molecule has 0 aliphatic carbocycles. The van der Waals surface area contributed by atoms with Crippen LogP contribution in [0.5, 0.6) is 0 Å². The first-order valence-corrected chi connectivity index (χ1v) is 5.81. The highest BCUT2D eigenvalue weighted by atomic mass is 32.2. The van der Waals surface area contributed by atoms with Crippen LogP contribution >= 0.6 is 11.8 Å². The molecule has 7 nitrogen and oxygen atoms in total. The Balaban J connectivity index is 2.41. The fourth-order valence-corrected chi connectivity index (χ4v) is 2.28. The molecule has 0 saturated carbocycles. The van der Waals surface area contributed by atoms with Crippen LogP contribution < -0.4 is 11.4 Å². The molecule has 0 aliphatic heterocycles. The van der Waals surface area contributed by atoms with Crippen LogP contribution in [0.3, 0.4) is 0 Å². The molecule has 0 fully saturated rings. The van der Waals surface area contributed by atoms with E-state index in [0.717, 1.165) is 4.90 Å².